The highest BCUT2D eigenvalue weighted by Gasteiger charge is 2.31. The Kier molecular flexibility index (Phi) is 5.55. The van der Waals surface area contributed by atoms with Crippen molar-refractivity contribution in [1.29, 1.82) is 0 Å². The molecule has 26 heavy (non-hydrogen) atoms. The zero-order valence-electron chi connectivity index (χ0n) is 14.5. The van der Waals surface area contributed by atoms with E-state index in [-0.39, 0.29) is 17.4 Å². The summed E-state index contributed by atoms with van der Waals surface area (Å²) in [6.07, 6.45) is 2.85. The summed E-state index contributed by atoms with van der Waals surface area (Å²) < 4.78 is 33.3. The molecule has 0 bridgehead atoms. The average molecular weight is 378 g/mol. The lowest BCUT2D eigenvalue weighted by molar-refractivity contribution is -0.144. The SMILES string of the molecule is Cc1cnc2c(S(=O)(=O)NCC(C(=O)O)C3CCOCC3)cccc2c1. The van der Waals surface area contributed by atoms with E-state index in [2.05, 4.69) is 9.71 Å². The molecule has 2 heterocycles. The molecule has 0 aliphatic carbocycles. The number of carbonyl (C=O) groups is 1. The summed E-state index contributed by atoms with van der Waals surface area (Å²) in [5.41, 5.74) is 1.31. The van der Waals surface area contributed by atoms with Gasteiger partial charge in [-0.1, -0.05) is 12.1 Å². The van der Waals surface area contributed by atoms with Crippen molar-refractivity contribution < 1.29 is 23.1 Å². The number of sulfonamides is 1. The number of aliphatic carboxylic acids is 1. The van der Waals surface area contributed by atoms with Crippen LogP contribution in [-0.2, 0) is 19.6 Å². The topological polar surface area (TPSA) is 106 Å². The first kappa shape index (κ1) is 18.8. The molecule has 8 heteroatoms. The van der Waals surface area contributed by atoms with Gasteiger partial charge < -0.3 is 9.84 Å². The zero-order chi connectivity index (χ0) is 18.7. The van der Waals surface area contributed by atoms with E-state index >= 15 is 0 Å². The molecule has 1 unspecified atom stereocenters. The van der Waals surface area contributed by atoms with Crippen molar-refractivity contribution in [1.82, 2.24) is 9.71 Å². The lowest BCUT2D eigenvalue weighted by Gasteiger charge is -2.27. The van der Waals surface area contributed by atoms with Gasteiger partial charge in [0, 0.05) is 31.3 Å². The maximum absolute atomic E-state index is 12.8. The predicted molar refractivity (Wildman–Crippen MR) is 96.3 cm³/mol. The van der Waals surface area contributed by atoms with Crippen LogP contribution in [-0.4, -0.2) is 44.2 Å². The van der Waals surface area contributed by atoms with Gasteiger partial charge in [0.2, 0.25) is 10.0 Å². The third-order valence-electron chi connectivity index (χ3n) is 4.75. The number of hydrogen-bond acceptors (Lipinski definition) is 5. The molecule has 2 N–H and O–H groups in total. The number of carboxylic acid groups (broad SMARTS) is 1. The fraction of sp³-hybridized carbons (Fsp3) is 0.444. The summed E-state index contributed by atoms with van der Waals surface area (Å²) in [4.78, 5) is 15.9. The molecular weight excluding hydrogens is 356 g/mol. The number of benzene rings is 1. The lowest BCUT2D eigenvalue weighted by Crippen LogP contribution is -2.39. The zero-order valence-corrected chi connectivity index (χ0v) is 15.3. The van der Waals surface area contributed by atoms with E-state index in [4.69, 9.17) is 4.74 Å². The van der Waals surface area contributed by atoms with Gasteiger partial charge >= 0.3 is 5.97 Å². The molecule has 0 spiro atoms. The van der Waals surface area contributed by atoms with Crippen molar-refractivity contribution in [2.75, 3.05) is 19.8 Å². The predicted octanol–water partition coefficient (Wildman–Crippen LogP) is 1.95. The molecule has 0 saturated carbocycles. The monoisotopic (exact) mass is 378 g/mol. The van der Waals surface area contributed by atoms with Crippen LogP contribution in [0.1, 0.15) is 18.4 Å². The molecule has 1 aromatic carbocycles. The molecule has 1 saturated heterocycles. The van der Waals surface area contributed by atoms with Gasteiger partial charge in [-0.2, -0.15) is 0 Å². The third kappa shape index (κ3) is 4.03. The van der Waals surface area contributed by atoms with E-state index in [1.54, 1.807) is 18.3 Å². The van der Waals surface area contributed by atoms with Crippen LogP contribution in [0.25, 0.3) is 10.9 Å². The van der Waals surface area contributed by atoms with Crippen molar-refractivity contribution >= 4 is 26.9 Å². The number of ether oxygens (including phenoxy) is 1. The molecule has 1 aliphatic heterocycles. The smallest absolute Gasteiger partial charge is 0.308 e. The number of fused-ring (bicyclic) bond motifs is 1. The highest BCUT2D eigenvalue weighted by molar-refractivity contribution is 7.89. The number of pyridine rings is 1. The molecule has 2 aromatic rings. The molecule has 3 rings (SSSR count). The Bertz CT molecular complexity index is 907. The van der Waals surface area contributed by atoms with E-state index in [0.717, 1.165) is 10.9 Å². The van der Waals surface area contributed by atoms with Gasteiger partial charge in [0.1, 0.15) is 4.90 Å². The Labute approximate surface area is 152 Å². The first-order chi connectivity index (χ1) is 12.4. The number of aryl methyl sites for hydroxylation is 1. The van der Waals surface area contributed by atoms with Gasteiger partial charge in [-0.3, -0.25) is 9.78 Å². The molecule has 1 aromatic heterocycles. The Balaban J connectivity index is 1.83. The van der Waals surface area contributed by atoms with Crippen molar-refractivity contribution in [3.8, 4) is 0 Å². The molecule has 0 amide bonds. The second-order valence-electron chi connectivity index (χ2n) is 6.59. The normalized spacial score (nSPS) is 17.3. The van der Waals surface area contributed by atoms with Crippen LogP contribution in [0.3, 0.4) is 0 Å². The summed E-state index contributed by atoms with van der Waals surface area (Å²) in [6, 6.07) is 6.81. The average Bonchev–Trinajstić information content (AvgIpc) is 2.61. The summed E-state index contributed by atoms with van der Waals surface area (Å²) in [6.45, 7) is 2.75. The number of nitrogens with one attached hydrogen (secondary N) is 1. The summed E-state index contributed by atoms with van der Waals surface area (Å²) >= 11 is 0. The quantitative estimate of drug-likeness (QED) is 0.796. The fourth-order valence-electron chi connectivity index (χ4n) is 3.31. The van der Waals surface area contributed by atoms with Gasteiger partial charge in [-0.25, -0.2) is 13.1 Å². The van der Waals surface area contributed by atoms with Crippen molar-refractivity contribution in [2.45, 2.75) is 24.7 Å². The molecule has 1 fully saturated rings. The Morgan fingerprint density at radius 3 is 2.81 bits per heavy atom. The van der Waals surface area contributed by atoms with Crippen LogP contribution >= 0.6 is 0 Å². The lowest BCUT2D eigenvalue weighted by atomic mass is 9.86. The minimum absolute atomic E-state index is 0.0612. The summed E-state index contributed by atoms with van der Waals surface area (Å²) in [5, 5.41) is 10.2. The van der Waals surface area contributed by atoms with Crippen LogP contribution in [0.4, 0.5) is 0 Å². The first-order valence-electron chi connectivity index (χ1n) is 8.54. The molecular formula is C18H22N2O5S. The van der Waals surface area contributed by atoms with Gasteiger partial charge in [0.25, 0.3) is 0 Å². The molecule has 1 atom stereocenters. The van der Waals surface area contributed by atoms with Crippen molar-refractivity contribution in [2.24, 2.45) is 11.8 Å². The van der Waals surface area contributed by atoms with Crippen LogP contribution in [0.2, 0.25) is 0 Å². The number of hydrogen-bond donors (Lipinski definition) is 2. The van der Waals surface area contributed by atoms with Crippen molar-refractivity contribution in [3.05, 3.63) is 36.0 Å². The Morgan fingerprint density at radius 2 is 2.12 bits per heavy atom. The fourth-order valence-corrected chi connectivity index (χ4v) is 4.55. The van der Waals surface area contributed by atoms with Crippen LogP contribution in [0.15, 0.2) is 35.4 Å². The van der Waals surface area contributed by atoms with E-state index in [0.29, 0.717) is 31.6 Å². The summed E-state index contributed by atoms with van der Waals surface area (Å²) in [5.74, 6) is -1.87. The van der Waals surface area contributed by atoms with Crippen molar-refractivity contribution in [3.63, 3.8) is 0 Å². The minimum atomic E-state index is -3.87. The number of nitrogens with zero attached hydrogens (tertiary/aromatic N) is 1. The number of rotatable bonds is 6. The maximum atomic E-state index is 12.8. The Hall–Kier alpha value is -2.03. The van der Waals surface area contributed by atoms with E-state index < -0.39 is 21.9 Å². The number of aromatic nitrogens is 1. The van der Waals surface area contributed by atoms with Gasteiger partial charge in [0.15, 0.2) is 0 Å². The van der Waals surface area contributed by atoms with E-state index in [1.165, 1.54) is 6.07 Å². The van der Waals surface area contributed by atoms with Crippen LogP contribution in [0, 0.1) is 18.8 Å². The third-order valence-corrected chi connectivity index (χ3v) is 6.20. The highest BCUT2D eigenvalue weighted by Crippen LogP contribution is 2.25. The highest BCUT2D eigenvalue weighted by atomic mass is 32.2. The molecule has 1 aliphatic rings. The van der Waals surface area contributed by atoms with Gasteiger partial charge in [-0.05, 0) is 43.4 Å². The van der Waals surface area contributed by atoms with E-state index in [9.17, 15) is 18.3 Å². The molecule has 7 nitrogen and oxygen atoms in total. The molecule has 140 valence electrons. The van der Waals surface area contributed by atoms with Gasteiger partial charge in [-0.15, -0.1) is 0 Å². The second kappa shape index (κ2) is 7.69. The number of para-hydroxylation sites is 1. The van der Waals surface area contributed by atoms with Crippen LogP contribution in [0.5, 0.6) is 0 Å². The standard InChI is InChI=1S/C18H22N2O5S/c1-12-9-14-3-2-4-16(17(14)19-10-12)26(23,24)20-11-15(18(21)22)13-5-7-25-8-6-13/h2-4,9-10,13,15,20H,5-8,11H2,1H3,(H,21,22). The van der Waals surface area contributed by atoms with Gasteiger partial charge in [0.05, 0.1) is 11.4 Å². The maximum Gasteiger partial charge on any atom is 0.308 e. The Morgan fingerprint density at radius 1 is 1.38 bits per heavy atom. The first-order valence-corrected chi connectivity index (χ1v) is 10.0. The summed E-state index contributed by atoms with van der Waals surface area (Å²) in [7, 11) is -3.87. The largest absolute Gasteiger partial charge is 0.481 e. The van der Waals surface area contributed by atoms with Crippen LogP contribution < -0.4 is 4.72 Å². The number of carboxylic acids is 1. The molecule has 0 radical (unpaired) electrons. The second-order valence-corrected chi connectivity index (χ2v) is 8.32. The minimum Gasteiger partial charge on any atom is -0.481 e. The van der Waals surface area contributed by atoms with E-state index in [1.807, 2.05) is 13.0 Å².